The highest BCUT2D eigenvalue weighted by atomic mass is 32.2. The first-order valence-electron chi connectivity index (χ1n) is 7.34. The minimum atomic E-state index is 0.428. The molecule has 0 radical (unpaired) electrons. The monoisotopic (exact) mass is 299 g/mol. The van der Waals surface area contributed by atoms with Crippen LogP contribution >= 0.6 is 11.8 Å². The summed E-state index contributed by atoms with van der Waals surface area (Å²) in [4.78, 5) is 1.43. The van der Waals surface area contributed by atoms with Crippen LogP contribution in [0.3, 0.4) is 0 Å². The standard InChI is InChI=1S/C18H21NOS/c1-19-16(11-13-7-3-5-9-17(13)20-2)15-12-21-18-10-6-4-8-14(15)18/h3-10,15-16,19H,11-12H2,1-2H3. The van der Waals surface area contributed by atoms with Gasteiger partial charge in [0.2, 0.25) is 0 Å². The third-order valence-electron chi connectivity index (χ3n) is 4.23. The Hall–Kier alpha value is -1.45. The number of likely N-dealkylation sites (N-methyl/N-ethyl adjacent to an activating group) is 1. The summed E-state index contributed by atoms with van der Waals surface area (Å²) in [6, 6.07) is 17.5. The van der Waals surface area contributed by atoms with Crippen molar-refractivity contribution in [2.45, 2.75) is 23.3 Å². The summed E-state index contributed by atoms with van der Waals surface area (Å²) in [5.74, 6) is 2.69. The first-order valence-corrected chi connectivity index (χ1v) is 8.33. The highest BCUT2D eigenvalue weighted by Gasteiger charge is 2.29. The van der Waals surface area contributed by atoms with Crippen LogP contribution in [0.15, 0.2) is 53.4 Å². The summed E-state index contributed by atoms with van der Waals surface area (Å²) in [5.41, 5.74) is 2.76. The Morgan fingerprint density at radius 3 is 2.76 bits per heavy atom. The van der Waals surface area contributed by atoms with E-state index in [1.54, 1.807) is 7.11 Å². The molecular weight excluding hydrogens is 278 g/mol. The topological polar surface area (TPSA) is 21.3 Å². The van der Waals surface area contributed by atoms with Gasteiger partial charge in [0.05, 0.1) is 7.11 Å². The third-order valence-corrected chi connectivity index (χ3v) is 5.43. The van der Waals surface area contributed by atoms with Crippen LogP contribution in [0.5, 0.6) is 5.75 Å². The van der Waals surface area contributed by atoms with Gasteiger partial charge in [0.25, 0.3) is 0 Å². The lowest BCUT2D eigenvalue weighted by Gasteiger charge is -2.24. The lowest BCUT2D eigenvalue weighted by Crippen LogP contribution is -2.34. The molecule has 2 aromatic rings. The fourth-order valence-corrected chi connectivity index (χ4v) is 4.41. The van der Waals surface area contributed by atoms with Gasteiger partial charge in [0.15, 0.2) is 0 Å². The second-order valence-electron chi connectivity index (χ2n) is 5.37. The van der Waals surface area contributed by atoms with E-state index >= 15 is 0 Å². The van der Waals surface area contributed by atoms with Crippen molar-refractivity contribution in [2.75, 3.05) is 19.9 Å². The number of fused-ring (bicyclic) bond motifs is 1. The molecule has 0 fully saturated rings. The first kappa shape index (κ1) is 14.5. The largest absolute Gasteiger partial charge is 0.496 e. The number of thioether (sulfide) groups is 1. The van der Waals surface area contributed by atoms with E-state index in [1.807, 2.05) is 23.9 Å². The van der Waals surface area contributed by atoms with Gasteiger partial charge in [-0.25, -0.2) is 0 Å². The van der Waals surface area contributed by atoms with Crippen molar-refractivity contribution in [1.29, 1.82) is 0 Å². The van der Waals surface area contributed by atoms with Gasteiger partial charge in [-0.3, -0.25) is 0 Å². The van der Waals surface area contributed by atoms with Crippen LogP contribution in [0.25, 0.3) is 0 Å². The van der Waals surface area contributed by atoms with Crippen molar-refractivity contribution in [3.05, 3.63) is 59.7 Å². The van der Waals surface area contributed by atoms with E-state index in [4.69, 9.17) is 4.74 Å². The number of benzene rings is 2. The maximum atomic E-state index is 5.49. The van der Waals surface area contributed by atoms with Crippen LogP contribution in [0.2, 0.25) is 0 Å². The molecule has 3 rings (SSSR count). The Bertz CT molecular complexity index is 614. The minimum absolute atomic E-state index is 0.428. The number of para-hydroxylation sites is 1. The number of nitrogens with one attached hydrogen (secondary N) is 1. The molecule has 0 saturated carbocycles. The Kier molecular flexibility index (Phi) is 4.51. The first-order chi connectivity index (χ1) is 10.3. The van der Waals surface area contributed by atoms with Crippen LogP contribution in [-0.2, 0) is 6.42 Å². The average molecular weight is 299 g/mol. The number of methoxy groups -OCH3 is 1. The normalized spacial score (nSPS) is 18.3. The van der Waals surface area contributed by atoms with E-state index in [1.165, 1.54) is 16.0 Å². The molecule has 2 unspecified atom stereocenters. The van der Waals surface area contributed by atoms with Crippen LogP contribution < -0.4 is 10.1 Å². The zero-order valence-corrected chi connectivity index (χ0v) is 13.3. The summed E-state index contributed by atoms with van der Waals surface area (Å²) in [5, 5.41) is 3.52. The molecule has 0 bridgehead atoms. The van der Waals surface area contributed by atoms with E-state index in [-0.39, 0.29) is 0 Å². The molecule has 0 amide bonds. The number of hydrogen-bond acceptors (Lipinski definition) is 3. The summed E-state index contributed by atoms with van der Waals surface area (Å²) in [6.07, 6.45) is 0.986. The number of ether oxygens (including phenoxy) is 1. The quantitative estimate of drug-likeness (QED) is 0.909. The van der Waals surface area contributed by atoms with Gasteiger partial charge in [-0.1, -0.05) is 36.4 Å². The van der Waals surface area contributed by atoms with Crippen molar-refractivity contribution < 1.29 is 4.74 Å². The Morgan fingerprint density at radius 2 is 1.95 bits per heavy atom. The van der Waals surface area contributed by atoms with Crippen LogP contribution in [0, 0.1) is 0 Å². The molecule has 0 spiro atoms. The van der Waals surface area contributed by atoms with Gasteiger partial charge >= 0.3 is 0 Å². The van der Waals surface area contributed by atoms with Gasteiger partial charge in [-0.2, -0.15) is 0 Å². The summed E-state index contributed by atoms with van der Waals surface area (Å²) in [7, 11) is 3.81. The maximum Gasteiger partial charge on any atom is 0.122 e. The predicted molar refractivity (Wildman–Crippen MR) is 89.5 cm³/mol. The van der Waals surface area contributed by atoms with E-state index in [0.29, 0.717) is 12.0 Å². The van der Waals surface area contributed by atoms with Crippen molar-refractivity contribution in [3.63, 3.8) is 0 Å². The number of rotatable bonds is 5. The molecule has 1 heterocycles. The molecule has 110 valence electrons. The van der Waals surface area contributed by atoms with Gasteiger partial charge in [-0.15, -0.1) is 11.8 Å². The van der Waals surface area contributed by atoms with Crippen molar-refractivity contribution in [1.82, 2.24) is 5.32 Å². The molecule has 0 aromatic heterocycles. The average Bonchev–Trinajstić information content (AvgIpc) is 2.97. The smallest absolute Gasteiger partial charge is 0.122 e. The number of hydrogen-bond donors (Lipinski definition) is 1. The summed E-state index contributed by atoms with van der Waals surface area (Å²) < 4.78 is 5.49. The molecule has 2 aromatic carbocycles. The highest BCUT2D eigenvalue weighted by Crippen LogP contribution is 2.41. The van der Waals surface area contributed by atoms with Crippen molar-refractivity contribution in [2.24, 2.45) is 0 Å². The van der Waals surface area contributed by atoms with Crippen molar-refractivity contribution >= 4 is 11.8 Å². The van der Waals surface area contributed by atoms with Gasteiger partial charge in [-0.05, 0) is 36.7 Å². The minimum Gasteiger partial charge on any atom is -0.496 e. The molecule has 1 aliphatic heterocycles. The highest BCUT2D eigenvalue weighted by molar-refractivity contribution is 7.99. The summed E-state index contributed by atoms with van der Waals surface area (Å²) >= 11 is 1.97. The van der Waals surface area contributed by atoms with Crippen molar-refractivity contribution in [3.8, 4) is 5.75 Å². The van der Waals surface area contributed by atoms with Gasteiger partial charge < -0.3 is 10.1 Å². The van der Waals surface area contributed by atoms with Gasteiger partial charge in [0.1, 0.15) is 5.75 Å². The molecule has 2 atom stereocenters. The Labute approximate surface area is 130 Å². The van der Waals surface area contributed by atoms with E-state index < -0.39 is 0 Å². The Balaban J connectivity index is 1.83. The second kappa shape index (κ2) is 6.54. The predicted octanol–water partition coefficient (Wildman–Crippen LogP) is 3.72. The molecule has 1 N–H and O–H groups in total. The third kappa shape index (κ3) is 2.94. The molecule has 0 aliphatic carbocycles. The second-order valence-corrected chi connectivity index (χ2v) is 6.43. The molecule has 0 saturated heterocycles. The van der Waals surface area contributed by atoms with Crippen LogP contribution in [0.1, 0.15) is 17.0 Å². The lowest BCUT2D eigenvalue weighted by atomic mass is 9.89. The van der Waals surface area contributed by atoms with E-state index in [0.717, 1.165) is 17.9 Å². The zero-order valence-electron chi connectivity index (χ0n) is 12.5. The van der Waals surface area contributed by atoms with E-state index in [2.05, 4.69) is 48.8 Å². The van der Waals surface area contributed by atoms with Gasteiger partial charge in [0, 0.05) is 22.6 Å². The van der Waals surface area contributed by atoms with Crippen LogP contribution in [0.4, 0.5) is 0 Å². The fourth-order valence-electron chi connectivity index (χ4n) is 3.07. The molecule has 2 nitrogen and oxygen atoms in total. The fraction of sp³-hybridized carbons (Fsp3) is 0.333. The molecule has 1 aliphatic rings. The SMILES string of the molecule is CNC(Cc1ccccc1OC)C1CSc2ccccc21. The lowest BCUT2D eigenvalue weighted by molar-refractivity contribution is 0.402. The molecule has 3 heteroatoms. The zero-order chi connectivity index (χ0) is 14.7. The molecule has 21 heavy (non-hydrogen) atoms. The summed E-state index contributed by atoms with van der Waals surface area (Å²) in [6.45, 7) is 0. The van der Waals surface area contributed by atoms with E-state index in [9.17, 15) is 0 Å². The maximum absolute atomic E-state index is 5.49. The van der Waals surface area contributed by atoms with Crippen LogP contribution in [-0.4, -0.2) is 26.0 Å². The molecular formula is C18H21NOS. The Morgan fingerprint density at radius 1 is 1.19 bits per heavy atom.